The molecular formula is C18H19N5O. The van der Waals surface area contributed by atoms with E-state index < -0.39 is 0 Å². The van der Waals surface area contributed by atoms with Gasteiger partial charge in [0.1, 0.15) is 0 Å². The molecule has 0 fully saturated rings. The second-order valence-corrected chi connectivity index (χ2v) is 5.83. The predicted molar refractivity (Wildman–Crippen MR) is 94.1 cm³/mol. The first kappa shape index (κ1) is 15.9. The number of rotatable bonds is 3. The Hall–Kier alpha value is -3.02. The van der Waals surface area contributed by atoms with Crippen LogP contribution in [0.5, 0.6) is 0 Å². The second kappa shape index (κ2) is 6.23. The summed E-state index contributed by atoms with van der Waals surface area (Å²) in [5.74, 6) is 0.819. The molecule has 0 aliphatic rings. The van der Waals surface area contributed by atoms with Gasteiger partial charge in [0.15, 0.2) is 0 Å². The lowest BCUT2D eigenvalue weighted by Gasteiger charge is -2.14. The van der Waals surface area contributed by atoms with E-state index in [2.05, 4.69) is 20.3 Å². The van der Waals surface area contributed by atoms with Crippen LogP contribution in [0.3, 0.4) is 0 Å². The molecule has 1 N–H and O–H groups in total. The van der Waals surface area contributed by atoms with Crippen LogP contribution in [0.25, 0.3) is 5.69 Å². The Bertz CT molecular complexity index is 924. The van der Waals surface area contributed by atoms with E-state index in [1.165, 1.54) is 10.6 Å². The molecule has 0 saturated heterocycles. The van der Waals surface area contributed by atoms with Crippen molar-refractivity contribution >= 4 is 11.9 Å². The van der Waals surface area contributed by atoms with Crippen LogP contribution in [0.2, 0.25) is 0 Å². The molecule has 3 aromatic rings. The van der Waals surface area contributed by atoms with Crippen molar-refractivity contribution in [3.05, 3.63) is 69.4 Å². The van der Waals surface area contributed by atoms with E-state index in [4.69, 9.17) is 0 Å². The molecule has 6 nitrogen and oxygen atoms in total. The molecule has 0 amide bonds. The van der Waals surface area contributed by atoms with Crippen LogP contribution in [-0.4, -0.2) is 19.5 Å². The van der Waals surface area contributed by atoms with E-state index in [0.29, 0.717) is 17.6 Å². The number of anilines is 2. The third-order valence-corrected chi connectivity index (χ3v) is 3.54. The summed E-state index contributed by atoms with van der Waals surface area (Å²) < 4.78 is 1.52. The maximum absolute atomic E-state index is 12.5. The van der Waals surface area contributed by atoms with Gasteiger partial charge in [0.05, 0.1) is 5.69 Å². The van der Waals surface area contributed by atoms with Crippen molar-refractivity contribution in [1.29, 1.82) is 0 Å². The van der Waals surface area contributed by atoms with Gasteiger partial charge in [-0.2, -0.15) is 0 Å². The molecule has 0 aliphatic heterocycles. The SMILES string of the molecule is Cc1ccc(-n2c(Nc3nc(C)cc(C)n3)nc(C)cc2=O)cc1. The third-order valence-electron chi connectivity index (χ3n) is 3.54. The third kappa shape index (κ3) is 3.32. The van der Waals surface area contributed by atoms with Gasteiger partial charge in [-0.25, -0.2) is 19.5 Å². The van der Waals surface area contributed by atoms with Gasteiger partial charge >= 0.3 is 0 Å². The van der Waals surface area contributed by atoms with E-state index in [0.717, 1.165) is 22.6 Å². The number of aromatic nitrogens is 4. The highest BCUT2D eigenvalue weighted by Crippen LogP contribution is 2.16. The summed E-state index contributed by atoms with van der Waals surface area (Å²) in [6, 6.07) is 11.1. The van der Waals surface area contributed by atoms with Gasteiger partial charge in [-0.1, -0.05) is 17.7 Å². The summed E-state index contributed by atoms with van der Waals surface area (Å²) in [5, 5.41) is 3.08. The average Bonchev–Trinajstić information content (AvgIpc) is 2.47. The monoisotopic (exact) mass is 321 g/mol. The lowest BCUT2D eigenvalue weighted by Crippen LogP contribution is -2.23. The van der Waals surface area contributed by atoms with Gasteiger partial charge in [0.2, 0.25) is 11.9 Å². The lowest BCUT2D eigenvalue weighted by atomic mass is 10.2. The molecule has 0 spiro atoms. The molecule has 3 rings (SSSR count). The minimum absolute atomic E-state index is 0.154. The molecular weight excluding hydrogens is 302 g/mol. The van der Waals surface area contributed by atoms with Crippen LogP contribution in [0, 0.1) is 27.7 Å². The second-order valence-electron chi connectivity index (χ2n) is 5.83. The van der Waals surface area contributed by atoms with Crippen LogP contribution in [0.1, 0.15) is 22.6 Å². The van der Waals surface area contributed by atoms with Crippen LogP contribution in [-0.2, 0) is 0 Å². The van der Waals surface area contributed by atoms with E-state index in [9.17, 15) is 4.79 Å². The number of hydrogen-bond donors (Lipinski definition) is 1. The van der Waals surface area contributed by atoms with Crippen molar-refractivity contribution in [2.75, 3.05) is 5.32 Å². The van der Waals surface area contributed by atoms with Gasteiger partial charge in [-0.05, 0) is 45.9 Å². The quantitative estimate of drug-likeness (QED) is 0.803. The van der Waals surface area contributed by atoms with Gasteiger partial charge in [-0.3, -0.25) is 10.1 Å². The summed E-state index contributed by atoms with van der Waals surface area (Å²) in [7, 11) is 0. The molecule has 24 heavy (non-hydrogen) atoms. The molecule has 0 atom stereocenters. The summed E-state index contributed by atoms with van der Waals surface area (Å²) >= 11 is 0. The van der Waals surface area contributed by atoms with Crippen molar-refractivity contribution in [3.63, 3.8) is 0 Å². The van der Waals surface area contributed by atoms with Crippen LogP contribution >= 0.6 is 0 Å². The number of benzene rings is 1. The van der Waals surface area contributed by atoms with Crippen molar-refractivity contribution in [2.24, 2.45) is 0 Å². The number of nitrogens with zero attached hydrogens (tertiary/aromatic N) is 4. The highest BCUT2D eigenvalue weighted by atomic mass is 16.1. The summed E-state index contributed by atoms with van der Waals surface area (Å²) in [6.45, 7) is 7.59. The zero-order valence-corrected chi connectivity index (χ0v) is 14.2. The number of aryl methyl sites for hydroxylation is 4. The Morgan fingerprint density at radius 3 is 2.04 bits per heavy atom. The van der Waals surface area contributed by atoms with Gasteiger partial charge in [0.25, 0.3) is 5.56 Å². The molecule has 122 valence electrons. The average molecular weight is 321 g/mol. The van der Waals surface area contributed by atoms with Crippen LogP contribution in [0.4, 0.5) is 11.9 Å². The topological polar surface area (TPSA) is 72.7 Å². The summed E-state index contributed by atoms with van der Waals surface area (Å²) in [6.07, 6.45) is 0. The fraction of sp³-hybridized carbons (Fsp3) is 0.222. The first-order valence-electron chi connectivity index (χ1n) is 7.69. The smallest absolute Gasteiger partial charge is 0.259 e. The Labute approximate surface area is 140 Å². The standard InChI is InChI=1S/C18H19N5O/c1-11-5-7-15(8-6-11)23-16(24)10-14(4)21-18(23)22-17-19-12(2)9-13(3)20-17/h5-10H,1-4H3,(H,19,20,21,22). The van der Waals surface area contributed by atoms with Crippen molar-refractivity contribution < 1.29 is 0 Å². The Morgan fingerprint density at radius 2 is 1.42 bits per heavy atom. The van der Waals surface area contributed by atoms with Crippen LogP contribution in [0.15, 0.2) is 41.2 Å². The first-order valence-corrected chi connectivity index (χ1v) is 7.69. The lowest BCUT2D eigenvalue weighted by molar-refractivity contribution is 0.917. The Kier molecular flexibility index (Phi) is 4.12. The fourth-order valence-electron chi connectivity index (χ4n) is 2.51. The molecule has 0 bridgehead atoms. The zero-order valence-electron chi connectivity index (χ0n) is 14.2. The number of hydrogen-bond acceptors (Lipinski definition) is 5. The fourth-order valence-corrected chi connectivity index (χ4v) is 2.51. The van der Waals surface area contributed by atoms with E-state index in [1.54, 1.807) is 6.92 Å². The van der Waals surface area contributed by atoms with Gasteiger partial charge in [-0.15, -0.1) is 0 Å². The maximum atomic E-state index is 12.5. The van der Waals surface area contributed by atoms with Crippen molar-refractivity contribution in [3.8, 4) is 5.69 Å². The van der Waals surface area contributed by atoms with E-state index in [-0.39, 0.29) is 5.56 Å². The Morgan fingerprint density at radius 1 is 0.833 bits per heavy atom. The largest absolute Gasteiger partial charge is 0.294 e. The summed E-state index contributed by atoms with van der Waals surface area (Å²) in [4.78, 5) is 25.7. The van der Waals surface area contributed by atoms with E-state index in [1.807, 2.05) is 51.1 Å². The molecule has 2 aromatic heterocycles. The minimum atomic E-state index is -0.154. The van der Waals surface area contributed by atoms with Crippen LogP contribution < -0.4 is 10.9 Å². The molecule has 0 aliphatic carbocycles. The maximum Gasteiger partial charge on any atom is 0.259 e. The van der Waals surface area contributed by atoms with Crippen molar-refractivity contribution in [2.45, 2.75) is 27.7 Å². The zero-order chi connectivity index (χ0) is 17.3. The first-order chi connectivity index (χ1) is 11.4. The molecule has 0 saturated carbocycles. The number of nitrogens with one attached hydrogen (secondary N) is 1. The molecule has 0 unspecified atom stereocenters. The normalized spacial score (nSPS) is 10.7. The van der Waals surface area contributed by atoms with Gasteiger partial charge < -0.3 is 0 Å². The molecule has 1 aromatic carbocycles. The van der Waals surface area contributed by atoms with Gasteiger partial charge in [0, 0.05) is 23.1 Å². The van der Waals surface area contributed by atoms with E-state index >= 15 is 0 Å². The highest BCUT2D eigenvalue weighted by Gasteiger charge is 2.11. The highest BCUT2D eigenvalue weighted by molar-refractivity contribution is 5.49. The minimum Gasteiger partial charge on any atom is -0.294 e. The van der Waals surface area contributed by atoms with Crippen molar-refractivity contribution in [1.82, 2.24) is 19.5 Å². The Balaban J connectivity index is 2.13. The molecule has 2 heterocycles. The molecule has 6 heteroatoms. The predicted octanol–water partition coefficient (Wildman–Crippen LogP) is 3.00. The molecule has 0 radical (unpaired) electrons. The summed E-state index contributed by atoms with van der Waals surface area (Å²) in [5.41, 5.74) is 4.04.